The second-order valence-electron chi connectivity index (χ2n) is 6.81. The Bertz CT molecular complexity index is 376. The van der Waals surface area contributed by atoms with Crippen LogP contribution in [-0.4, -0.2) is 47.1 Å². The van der Waals surface area contributed by atoms with Gasteiger partial charge in [-0.15, -0.1) is 0 Å². The Balaban J connectivity index is 1.75. The second-order valence-corrected chi connectivity index (χ2v) is 6.81. The molecule has 0 radical (unpaired) electrons. The van der Waals surface area contributed by atoms with Gasteiger partial charge in [0.2, 0.25) is 11.8 Å². The van der Waals surface area contributed by atoms with E-state index in [0.29, 0.717) is 25.4 Å². The third-order valence-electron chi connectivity index (χ3n) is 4.83. The Morgan fingerprint density at radius 1 is 1.33 bits per heavy atom. The van der Waals surface area contributed by atoms with E-state index in [9.17, 15) is 14.7 Å². The molecule has 2 amide bonds. The average molecular weight is 296 g/mol. The summed E-state index contributed by atoms with van der Waals surface area (Å²) in [6, 6.07) is 0. The van der Waals surface area contributed by atoms with Crippen molar-refractivity contribution >= 4 is 11.8 Å². The number of carbonyl (C=O) groups is 2. The van der Waals surface area contributed by atoms with Crippen LogP contribution in [0.5, 0.6) is 0 Å². The van der Waals surface area contributed by atoms with E-state index in [1.165, 1.54) is 0 Å². The number of amides is 2. The number of rotatable bonds is 4. The predicted molar refractivity (Wildman–Crippen MR) is 80.6 cm³/mol. The van der Waals surface area contributed by atoms with E-state index in [4.69, 9.17) is 0 Å². The highest BCUT2D eigenvalue weighted by Crippen LogP contribution is 2.31. The first kappa shape index (κ1) is 16.3. The molecule has 1 heterocycles. The molecule has 0 aromatic rings. The summed E-state index contributed by atoms with van der Waals surface area (Å²) in [5.41, 5.74) is -0.759. The largest absolute Gasteiger partial charge is 0.388 e. The lowest BCUT2D eigenvalue weighted by molar-refractivity contribution is -0.136. The Morgan fingerprint density at radius 2 is 2.05 bits per heavy atom. The van der Waals surface area contributed by atoms with Crippen molar-refractivity contribution in [1.82, 2.24) is 10.2 Å². The van der Waals surface area contributed by atoms with E-state index in [-0.39, 0.29) is 18.4 Å². The highest BCUT2D eigenvalue weighted by molar-refractivity contribution is 5.84. The molecule has 0 aromatic heterocycles. The van der Waals surface area contributed by atoms with Crippen LogP contribution in [0.1, 0.15) is 58.3 Å². The third-order valence-corrected chi connectivity index (χ3v) is 4.83. The SMILES string of the molecule is CC1CCC(O)(CNC(=O)CN2CCCCCC2=O)CC1. The highest BCUT2D eigenvalue weighted by Gasteiger charge is 2.32. The number of nitrogens with one attached hydrogen (secondary N) is 1. The maximum absolute atomic E-state index is 12.0. The van der Waals surface area contributed by atoms with Crippen LogP contribution >= 0.6 is 0 Å². The third kappa shape index (κ3) is 4.99. The van der Waals surface area contributed by atoms with Crippen LogP contribution in [0, 0.1) is 5.92 Å². The zero-order chi connectivity index (χ0) is 15.3. The van der Waals surface area contributed by atoms with E-state index in [1.54, 1.807) is 4.90 Å². The minimum atomic E-state index is -0.759. The molecule has 0 aromatic carbocycles. The number of aliphatic hydroxyl groups is 1. The van der Waals surface area contributed by atoms with Gasteiger partial charge < -0.3 is 15.3 Å². The number of carbonyl (C=O) groups excluding carboxylic acids is 2. The molecule has 1 saturated carbocycles. The maximum Gasteiger partial charge on any atom is 0.239 e. The van der Waals surface area contributed by atoms with Crippen LogP contribution < -0.4 is 5.32 Å². The second kappa shape index (κ2) is 7.25. The van der Waals surface area contributed by atoms with Crippen molar-refractivity contribution < 1.29 is 14.7 Å². The Labute approximate surface area is 127 Å². The van der Waals surface area contributed by atoms with Crippen LogP contribution in [0.3, 0.4) is 0 Å². The first-order valence-corrected chi connectivity index (χ1v) is 8.25. The van der Waals surface area contributed by atoms with Crippen molar-refractivity contribution in [3.63, 3.8) is 0 Å². The van der Waals surface area contributed by atoms with Gasteiger partial charge >= 0.3 is 0 Å². The molecular formula is C16H28N2O3. The molecule has 1 saturated heterocycles. The van der Waals surface area contributed by atoms with E-state index in [0.717, 1.165) is 44.9 Å². The molecule has 0 unspecified atom stereocenters. The zero-order valence-electron chi connectivity index (χ0n) is 13.1. The molecule has 2 fully saturated rings. The lowest BCUT2D eigenvalue weighted by Gasteiger charge is -2.35. The highest BCUT2D eigenvalue weighted by atomic mass is 16.3. The monoisotopic (exact) mass is 296 g/mol. The van der Waals surface area contributed by atoms with Gasteiger partial charge in [-0.25, -0.2) is 0 Å². The molecule has 2 rings (SSSR count). The van der Waals surface area contributed by atoms with Gasteiger partial charge in [-0.05, 0) is 44.4 Å². The molecule has 0 spiro atoms. The fourth-order valence-electron chi connectivity index (χ4n) is 3.17. The molecule has 1 aliphatic heterocycles. The number of nitrogens with zero attached hydrogens (tertiary/aromatic N) is 1. The summed E-state index contributed by atoms with van der Waals surface area (Å²) in [4.78, 5) is 25.5. The Kier molecular flexibility index (Phi) is 5.62. The van der Waals surface area contributed by atoms with E-state index in [1.807, 2.05) is 0 Å². The molecule has 1 aliphatic carbocycles. The molecule has 120 valence electrons. The van der Waals surface area contributed by atoms with Gasteiger partial charge in [0.05, 0.1) is 12.1 Å². The first-order valence-electron chi connectivity index (χ1n) is 8.25. The maximum atomic E-state index is 12.0. The summed E-state index contributed by atoms with van der Waals surface area (Å²) < 4.78 is 0. The van der Waals surface area contributed by atoms with Gasteiger partial charge in [0.15, 0.2) is 0 Å². The van der Waals surface area contributed by atoms with Gasteiger partial charge in [-0.3, -0.25) is 9.59 Å². The van der Waals surface area contributed by atoms with Gasteiger partial charge in [-0.1, -0.05) is 13.3 Å². The number of likely N-dealkylation sites (tertiary alicyclic amines) is 1. The van der Waals surface area contributed by atoms with Crippen LogP contribution in [0.4, 0.5) is 0 Å². The van der Waals surface area contributed by atoms with Gasteiger partial charge in [0.1, 0.15) is 0 Å². The van der Waals surface area contributed by atoms with Crippen LogP contribution in [-0.2, 0) is 9.59 Å². The topological polar surface area (TPSA) is 69.6 Å². The standard InChI is InChI=1S/C16H28N2O3/c1-13-6-8-16(21,9-7-13)12-17-14(19)11-18-10-4-2-3-5-15(18)20/h13,21H,2-12H2,1H3,(H,17,19). The van der Waals surface area contributed by atoms with Crippen molar-refractivity contribution in [3.05, 3.63) is 0 Å². The van der Waals surface area contributed by atoms with Crippen LogP contribution in [0.25, 0.3) is 0 Å². The Morgan fingerprint density at radius 3 is 2.76 bits per heavy atom. The van der Waals surface area contributed by atoms with Gasteiger partial charge in [0, 0.05) is 19.5 Å². The van der Waals surface area contributed by atoms with Crippen molar-refractivity contribution in [2.24, 2.45) is 5.92 Å². The summed E-state index contributed by atoms with van der Waals surface area (Å²) in [6.07, 6.45) is 7.02. The molecule has 2 N–H and O–H groups in total. The number of hydrogen-bond acceptors (Lipinski definition) is 3. The molecule has 21 heavy (non-hydrogen) atoms. The minimum absolute atomic E-state index is 0.0767. The van der Waals surface area contributed by atoms with Crippen molar-refractivity contribution in [2.45, 2.75) is 63.9 Å². The first-order chi connectivity index (χ1) is 9.98. The van der Waals surface area contributed by atoms with E-state index in [2.05, 4.69) is 12.2 Å². The average Bonchev–Trinajstić information content (AvgIpc) is 2.66. The lowest BCUT2D eigenvalue weighted by Crippen LogP contribution is -2.48. The fraction of sp³-hybridized carbons (Fsp3) is 0.875. The van der Waals surface area contributed by atoms with Gasteiger partial charge in [0.25, 0.3) is 0 Å². The predicted octanol–water partition coefficient (Wildman–Crippen LogP) is 1.45. The van der Waals surface area contributed by atoms with Crippen molar-refractivity contribution in [3.8, 4) is 0 Å². The quantitative estimate of drug-likeness (QED) is 0.825. The molecule has 5 heteroatoms. The lowest BCUT2D eigenvalue weighted by atomic mass is 9.79. The summed E-state index contributed by atoms with van der Waals surface area (Å²) in [6.45, 7) is 3.31. The summed E-state index contributed by atoms with van der Waals surface area (Å²) in [7, 11) is 0. The number of hydrogen-bond donors (Lipinski definition) is 2. The molecule has 0 atom stereocenters. The van der Waals surface area contributed by atoms with Crippen molar-refractivity contribution in [2.75, 3.05) is 19.6 Å². The molecule has 5 nitrogen and oxygen atoms in total. The summed E-state index contributed by atoms with van der Waals surface area (Å²) >= 11 is 0. The minimum Gasteiger partial charge on any atom is -0.388 e. The molecule has 2 aliphatic rings. The summed E-state index contributed by atoms with van der Waals surface area (Å²) in [5, 5.41) is 13.3. The normalized spacial score (nSPS) is 30.9. The fourth-order valence-corrected chi connectivity index (χ4v) is 3.17. The van der Waals surface area contributed by atoms with E-state index >= 15 is 0 Å². The molecule has 0 bridgehead atoms. The smallest absolute Gasteiger partial charge is 0.239 e. The van der Waals surface area contributed by atoms with E-state index < -0.39 is 5.60 Å². The summed E-state index contributed by atoms with van der Waals surface area (Å²) in [5.74, 6) is 0.584. The molecular weight excluding hydrogens is 268 g/mol. The van der Waals surface area contributed by atoms with Gasteiger partial charge in [-0.2, -0.15) is 0 Å². The van der Waals surface area contributed by atoms with Crippen molar-refractivity contribution in [1.29, 1.82) is 0 Å². The van der Waals surface area contributed by atoms with Crippen LogP contribution in [0.15, 0.2) is 0 Å². The van der Waals surface area contributed by atoms with Crippen LogP contribution in [0.2, 0.25) is 0 Å². The zero-order valence-corrected chi connectivity index (χ0v) is 13.1. The Hall–Kier alpha value is -1.10.